The van der Waals surface area contributed by atoms with Gasteiger partial charge >= 0.3 is 0 Å². The minimum Gasteiger partial charge on any atom is -0.361 e. The van der Waals surface area contributed by atoms with E-state index in [-0.39, 0.29) is 0 Å². The van der Waals surface area contributed by atoms with Crippen molar-refractivity contribution in [2.75, 3.05) is 0 Å². The molecule has 1 aromatic rings. The highest BCUT2D eigenvalue weighted by atomic mass is 16.5. The molecule has 1 saturated carbocycles. The first-order valence-electron chi connectivity index (χ1n) is 5.63. The van der Waals surface area contributed by atoms with Gasteiger partial charge in [0.25, 0.3) is 0 Å². The van der Waals surface area contributed by atoms with E-state index >= 15 is 0 Å². The Kier molecular flexibility index (Phi) is 2.05. The lowest BCUT2D eigenvalue weighted by Gasteiger charge is -2.09. The van der Waals surface area contributed by atoms with Gasteiger partial charge in [-0.2, -0.15) is 0 Å². The van der Waals surface area contributed by atoms with Gasteiger partial charge in [-0.3, -0.25) is 0 Å². The van der Waals surface area contributed by atoms with Gasteiger partial charge in [-0.05, 0) is 32.1 Å². The Morgan fingerprint density at radius 1 is 1.29 bits per heavy atom. The van der Waals surface area contributed by atoms with Crippen molar-refractivity contribution in [1.82, 2.24) is 10.5 Å². The van der Waals surface area contributed by atoms with E-state index in [0.29, 0.717) is 0 Å². The first-order valence-corrected chi connectivity index (χ1v) is 5.63. The molecule has 0 bridgehead atoms. The monoisotopic (exact) mass is 192 g/mol. The van der Waals surface area contributed by atoms with Gasteiger partial charge in [0.15, 0.2) is 0 Å². The van der Waals surface area contributed by atoms with Crippen molar-refractivity contribution in [3.63, 3.8) is 0 Å². The minimum absolute atomic E-state index is 0.756. The summed E-state index contributed by atoms with van der Waals surface area (Å²) >= 11 is 0. The Morgan fingerprint density at radius 2 is 2.14 bits per heavy atom. The van der Waals surface area contributed by atoms with Crippen LogP contribution in [0.4, 0.5) is 0 Å². The Labute approximate surface area is 83.9 Å². The van der Waals surface area contributed by atoms with Gasteiger partial charge in [0.1, 0.15) is 11.5 Å². The number of nitrogens with zero attached hydrogens (tertiary/aromatic N) is 1. The molecule has 0 amide bonds. The number of fused-ring (bicyclic) bond motifs is 1. The maximum atomic E-state index is 5.35. The maximum Gasteiger partial charge on any atom is 0.140 e. The van der Waals surface area contributed by atoms with Gasteiger partial charge in [-0.25, -0.2) is 0 Å². The second-order valence-corrected chi connectivity index (χ2v) is 4.39. The second-order valence-electron chi connectivity index (χ2n) is 4.39. The van der Waals surface area contributed by atoms with E-state index in [1.54, 1.807) is 0 Å². The third-order valence-electron chi connectivity index (χ3n) is 3.17. The molecular formula is C11H16N2O. The molecule has 3 heteroatoms. The Bertz CT molecular complexity index is 328. The summed E-state index contributed by atoms with van der Waals surface area (Å²) < 4.78 is 5.35. The highest BCUT2D eigenvalue weighted by Gasteiger charge is 2.23. The Morgan fingerprint density at radius 3 is 3.00 bits per heavy atom. The van der Waals surface area contributed by atoms with Crippen LogP contribution in [0, 0.1) is 0 Å². The third-order valence-corrected chi connectivity index (χ3v) is 3.17. The van der Waals surface area contributed by atoms with Crippen LogP contribution in [0.15, 0.2) is 4.52 Å². The molecule has 3 rings (SSSR count). The topological polar surface area (TPSA) is 38.1 Å². The molecular weight excluding hydrogens is 176 g/mol. The normalized spacial score (nSPS) is 20.9. The first-order chi connectivity index (χ1) is 6.93. The quantitative estimate of drug-likeness (QED) is 0.793. The number of rotatable bonds is 3. The molecule has 1 aromatic heterocycles. The van der Waals surface area contributed by atoms with Crippen molar-refractivity contribution in [2.24, 2.45) is 0 Å². The maximum absolute atomic E-state index is 5.35. The number of nitrogens with one attached hydrogen (secondary N) is 1. The van der Waals surface area contributed by atoms with E-state index in [0.717, 1.165) is 30.5 Å². The standard InChI is InChI=1S/C11H16N2O/c1-2-4-11-9(3-1)10(13-14-11)7-12-8-5-6-8/h8,12H,1-7H2. The van der Waals surface area contributed by atoms with Crippen molar-refractivity contribution in [2.45, 2.75) is 51.1 Å². The fourth-order valence-corrected chi connectivity index (χ4v) is 2.12. The Hall–Kier alpha value is -0.830. The summed E-state index contributed by atoms with van der Waals surface area (Å²) in [5.74, 6) is 1.14. The average molecular weight is 192 g/mol. The van der Waals surface area contributed by atoms with Crippen LogP contribution in [-0.4, -0.2) is 11.2 Å². The van der Waals surface area contributed by atoms with Crippen LogP contribution >= 0.6 is 0 Å². The highest BCUT2D eigenvalue weighted by Crippen LogP contribution is 2.25. The zero-order valence-electron chi connectivity index (χ0n) is 8.38. The highest BCUT2D eigenvalue weighted by molar-refractivity contribution is 5.25. The predicted octanol–water partition coefficient (Wildman–Crippen LogP) is 1.81. The van der Waals surface area contributed by atoms with Crippen LogP contribution in [0.1, 0.15) is 42.7 Å². The third kappa shape index (κ3) is 1.57. The van der Waals surface area contributed by atoms with Crippen LogP contribution in [0.5, 0.6) is 0 Å². The summed E-state index contributed by atoms with van der Waals surface area (Å²) in [7, 11) is 0. The van der Waals surface area contributed by atoms with Gasteiger partial charge < -0.3 is 9.84 Å². The smallest absolute Gasteiger partial charge is 0.140 e. The van der Waals surface area contributed by atoms with E-state index in [1.807, 2.05) is 0 Å². The lowest BCUT2D eigenvalue weighted by molar-refractivity contribution is 0.366. The molecule has 0 aromatic carbocycles. The number of hydrogen-bond donors (Lipinski definition) is 1. The minimum atomic E-state index is 0.756. The van der Waals surface area contributed by atoms with E-state index in [4.69, 9.17) is 4.52 Å². The summed E-state index contributed by atoms with van der Waals surface area (Å²) in [6.45, 7) is 0.906. The van der Waals surface area contributed by atoms with Crippen LogP contribution in [0.25, 0.3) is 0 Å². The van der Waals surface area contributed by atoms with Gasteiger partial charge in [-0.15, -0.1) is 0 Å². The average Bonchev–Trinajstić information content (AvgIpc) is 2.96. The van der Waals surface area contributed by atoms with Crippen molar-refractivity contribution in [3.05, 3.63) is 17.0 Å². The van der Waals surface area contributed by atoms with Gasteiger partial charge in [0, 0.05) is 24.6 Å². The predicted molar refractivity (Wildman–Crippen MR) is 53.0 cm³/mol. The molecule has 2 aliphatic carbocycles. The molecule has 3 nitrogen and oxygen atoms in total. The summed E-state index contributed by atoms with van der Waals surface area (Å²) in [4.78, 5) is 0. The van der Waals surface area contributed by atoms with Crippen molar-refractivity contribution in [1.29, 1.82) is 0 Å². The SMILES string of the molecule is C1CCc2c(CNC3CC3)noc2C1. The van der Waals surface area contributed by atoms with Crippen LogP contribution < -0.4 is 5.32 Å². The van der Waals surface area contributed by atoms with E-state index in [1.165, 1.54) is 37.7 Å². The number of hydrogen-bond acceptors (Lipinski definition) is 3. The van der Waals surface area contributed by atoms with Gasteiger partial charge in [0.2, 0.25) is 0 Å². The summed E-state index contributed by atoms with van der Waals surface area (Å²) in [6.07, 6.45) is 7.48. The molecule has 76 valence electrons. The molecule has 1 fully saturated rings. The van der Waals surface area contributed by atoms with Crippen LogP contribution in [0.2, 0.25) is 0 Å². The fraction of sp³-hybridized carbons (Fsp3) is 0.727. The summed E-state index contributed by atoms with van der Waals surface area (Å²) in [5.41, 5.74) is 2.55. The molecule has 2 aliphatic rings. The molecule has 0 spiro atoms. The molecule has 0 radical (unpaired) electrons. The van der Waals surface area contributed by atoms with Crippen molar-refractivity contribution in [3.8, 4) is 0 Å². The molecule has 0 aliphatic heterocycles. The van der Waals surface area contributed by atoms with Gasteiger partial charge in [0.05, 0.1) is 0 Å². The Balaban J connectivity index is 1.72. The number of aryl methyl sites for hydroxylation is 1. The van der Waals surface area contributed by atoms with Crippen molar-refractivity contribution < 1.29 is 4.52 Å². The molecule has 0 unspecified atom stereocenters. The van der Waals surface area contributed by atoms with Crippen LogP contribution in [-0.2, 0) is 19.4 Å². The van der Waals surface area contributed by atoms with Crippen molar-refractivity contribution >= 4 is 0 Å². The summed E-state index contributed by atoms with van der Waals surface area (Å²) in [5, 5.41) is 7.65. The zero-order chi connectivity index (χ0) is 9.38. The number of aromatic nitrogens is 1. The van der Waals surface area contributed by atoms with Gasteiger partial charge in [-0.1, -0.05) is 5.16 Å². The molecule has 0 atom stereocenters. The second kappa shape index (κ2) is 3.39. The largest absolute Gasteiger partial charge is 0.361 e. The molecule has 1 N–H and O–H groups in total. The molecule has 0 saturated heterocycles. The summed E-state index contributed by atoms with van der Waals surface area (Å²) in [6, 6.07) is 0.756. The first kappa shape index (κ1) is 8.48. The fourth-order valence-electron chi connectivity index (χ4n) is 2.12. The zero-order valence-corrected chi connectivity index (χ0v) is 8.38. The van der Waals surface area contributed by atoms with Crippen LogP contribution in [0.3, 0.4) is 0 Å². The van der Waals surface area contributed by atoms with E-state index < -0.39 is 0 Å². The lowest BCUT2D eigenvalue weighted by atomic mass is 9.96. The van der Waals surface area contributed by atoms with E-state index in [9.17, 15) is 0 Å². The molecule has 1 heterocycles. The lowest BCUT2D eigenvalue weighted by Crippen LogP contribution is -2.17. The molecule has 14 heavy (non-hydrogen) atoms. The van der Waals surface area contributed by atoms with E-state index in [2.05, 4.69) is 10.5 Å².